The van der Waals surface area contributed by atoms with Crippen molar-refractivity contribution in [1.82, 2.24) is 9.38 Å². The number of imidazole rings is 1. The van der Waals surface area contributed by atoms with Crippen molar-refractivity contribution >= 4 is 5.65 Å². The molecule has 0 aliphatic carbocycles. The van der Waals surface area contributed by atoms with Crippen LogP contribution < -0.4 is 4.74 Å². The average molecular weight is 206 g/mol. The van der Waals surface area contributed by atoms with E-state index in [0.717, 1.165) is 22.8 Å². The maximum Gasteiger partial charge on any atom is 0.140 e. The Balaban J connectivity index is 2.55. The predicted molar refractivity (Wildman–Crippen MR) is 57.3 cm³/mol. The number of methoxy groups -OCH3 is 1. The quantitative estimate of drug-likeness (QED) is 0.820. The fraction of sp³-hybridized carbons (Fsp3) is 0.364. The fourth-order valence-electron chi connectivity index (χ4n) is 1.67. The van der Waals surface area contributed by atoms with E-state index in [9.17, 15) is 0 Å². The Morgan fingerprint density at radius 2 is 2.33 bits per heavy atom. The Labute approximate surface area is 88.1 Å². The lowest BCUT2D eigenvalue weighted by Gasteiger charge is -2.00. The van der Waals surface area contributed by atoms with Crippen molar-refractivity contribution in [2.24, 2.45) is 0 Å². The first kappa shape index (κ1) is 9.98. The van der Waals surface area contributed by atoms with Gasteiger partial charge in [-0.25, -0.2) is 4.98 Å². The first-order chi connectivity index (χ1) is 7.26. The third-order valence-electron chi connectivity index (χ3n) is 2.52. The van der Waals surface area contributed by atoms with E-state index in [1.807, 2.05) is 29.7 Å². The van der Waals surface area contributed by atoms with E-state index >= 15 is 0 Å². The van der Waals surface area contributed by atoms with Crippen LogP contribution >= 0.6 is 0 Å². The molecule has 0 radical (unpaired) electrons. The largest absolute Gasteiger partial charge is 0.497 e. The van der Waals surface area contributed by atoms with Gasteiger partial charge in [-0.05, 0) is 13.0 Å². The van der Waals surface area contributed by atoms with Gasteiger partial charge in [0.1, 0.15) is 11.4 Å². The zero-order valence-electron chi connectivity index (χ0n) is 8.90. The molecule has 2 heterocycles. The van der Waals surface area contributed by atoms with Crippen LogP contribution in [0.5, 0.6) is 5.75 Å². The molecule has 2 rings (SSSR count). The zero-order valence-corrected chi connectivity index (χ0v) is 8.90. The van der Waals surface area contributed by atoms with Gasteiger partial charge in [0.25, 0.3) is 0 Å². The van der Waals surface area contributed by atoms with Gasteiger partial charge in [0.15, 0.2) is 0 Å². The Bertz CT molecular complexity index is 477. The van der Waals surface area contributed by atoms with Crippen LogP contribution in [0.1, 0.15) is 11.4 Å². The first-order valence-corrected chi connectivity index (χ1v) is 4.88. The van der Waals surface area contributed by atoms with Crippen LogP contribution in [0.15, 0.2) is 18.3 Å². The fourth-order valence-corrected chi connectivity index (χ4v) is 1.67. The molecular weight excluding hydrogens is 192 g/mol. The first-order valence-electron chi connectivity index (χ1n) is 4.88. The summed E-state index contributed by atoms with van der Waals surface area (Å²) < 4.78 is 7.12. The van der Waals surface area contributed by atoms with Gasteiger partial charge < -0.3 is 14.2 Å². The molecule has 0 saturated heterocycles. The molecule has 0 fully saturated rings. The highest BCUT2D eigenvalue weighted by Crippen LogP contribution is 2.17. The maximum atomic E-state index is 8.90. The third-order valence-corrected chi connectivity index (χ3v) is 2.52. The van der Waals surface area contributed by atoms with Crippen molar-refractivity contribution in [3.63, 3.8) is 0 Å². The minimum atomic E-state index is 0.127. The number of aryl methyl sites for hydroxylation is 1. The second kappa shape index (κ2) is 3.90. The number of fused-ring (bicyclic) bond motifs is 1. The number of hydrogen-bond acceptors (Lipinski definition) is 3. The Hall–Kier alpha value is -1.55. The van der Waals surface area contributed by atoms with Crippen molar-refractivity contribution in [3.8, 4) is 5.75 Å². The number of hydrogen-bond donors (Lipinski definition) is 1. The normalized spacial score (nSPS) is 10.9. The van der Waals surface area contributed by atoms with Crippen LogP contribution in [-0.2, 0) is 6.42 Å². The lowest BCUT2D eigenvalue weighted by molar-refractivity contribution is 0.298. The van der Waals surface area contributed by atoms with E-state index in [2.05, 4.69) is 4.98 Å². The highest BCUT2D eigenvalue weighted by molar-refractivity contribution is 5.47. The van der Waals surface area contributed by atoms with E-state index in [-0.39, 0.29) is 6.61 Å². The number of nitrogens with zero attached hydrogens (tertiary/aromatic N) is 2. The molecule has 0 unspecified atom stereocenters. The highest BCUT2D eigenvalue weighted by atomic mass is 16.5. The van der Waals surface area contributed by atoms with Gasteiger partial charge in [0, 0.05) is 31.0 Å². The topological polar surface area (TPSA) is 46.8 Å². The van der Waals surface area contributed by atoms with Crippen LogP contribution in [0, 0.1) is 6.92 Å². The maximum absolute atomic E-state index is 8.90. The van der Waals surface area contributed by atoms with Crippen molar-refractivity contribution in [2.45, 2.75) is 13.3 Å². The van der Waals surface area contributed by atoms with Gasteiger partial charge in [-0.15, -0.1) is 0 Å². The van der Waals surface area contributed by atoms with Crippen LogP contribution in [-0.4, -0.2) is 28.2 Å². The molecule has 0 saturated carbocycles. The van der Waals surface area contributed by atoms with Gasteiger partial charge in [0.05, 0.1) is 12.8 Å². The van der Waals surface area contributed by atoms with Crippen molar-refractivity contribution < 1.29 is 9.84 Å². The van der Waals surface area contributed by atoms with Gasteiger partial charge in [-0.1, -0.05) is 0 Å². The lowest BCUT2D eigenvalue weighted by atomic mass is 10.3. The number of rotatable bonds is 3. The molecule has 0 atom stereocenters. The zero-order chi connectivity index (χ0) is 10.8. The summed E-state index contributed by atoms with van der Waals surface area (Å²) in [5.41, 5.74) is 2.86. The number of pyridine rings is 1. The minimum Gasteiger partial charge on any atom is -0.497 e. The van der Waals surface area contributed by atoms with E-state index in [4.69, 9.17) is 9.84 Å². The highest BCUT2D eigenvalue weighted by Gasteiger charge is 2.07. The van der Waals surface area contributed by atoms with Crippen molar-refractivity contribution in [2.75, 3.05) is 13.7 Å². The van der Waals surface area contributed by atoms with E-state index < -0.39 is 0 Å². The molecule has 0 aliphatic heterocycles. The minimum absolute atomic E-state index is 0.127. The molecular formula is C11H14N2O2. The summed E-state index contributed by atoms with van der Waals surface area (Å²) in [5, 5.41) is 8.90. The Morgan fingerprint density at radius 1 is 1.53 bits per heavy atom. The predicted octanol–water partition coefficient (Wildman–Crippen LogP) is 1.19. The Kier molecular flexibility index (Phi) is 2.60. The van der Waals surface area contributed by atoms with Gasteiger partial charge in [-0.3, -0.25) is 0 Å². The summed E-state index contributed by atoms with van der Waals surface area (Å²) in [6, 6.07) is 3.78. The number of ether oxygens (including phenoxy) is 1. The summed E-state index contributed by atoms with van der Waals surface area (Å²) >= 11 is 0. The summed E-state index contributed by atoms with van der Waals surface area (Å²) in [6.07, 6.45) is 2.52. The molecule has 4 nitrogen and oxygen atoms in total. The summed E-state index contributed by atoms with van der Waals surface area (Å²) in [5.74, 6) is 0.794. The molecule has 15 heavy (non-hydrogen) atoms. The van der Waals surface area contributed by atoms with Crippen LogP contribution in [0.3, 0.4) is 0 Å². The number of aliphatic hydroxyl groups excluding tert-OH is 1. The second-order valence-corrected chi connectivity index (χ2v) is 3.41. The van der Waals surface area contributed by atoms with Crippen LogP contribution in [0.25, 0.3) is 5.65 Å². The van der Waals surface area contributed by atoms with Crippen LogP contribution in [0.4, 0.5) is 0 Å². The average Bonchev–Trinajstić information content (AvgIpc) is 2.56. The molecule has 2 aromatic rings. The molecule has 0 aliphatic rings. The van der Waals surface area contributed by atoms with Crippen LogP contribution in [0.2, 0.25) is 0 Å². The van der Waals surface area contributed by atoms with Crippen molar-refractivity contribution in [1.29, 1.82) is 0 Å². The van der Waals surface area contributed by atoms with E-state index in [1.54, 1.807) is 7.11 Å². The number of aliphatic hydroxyl groups is 1. The van der Waals surface area contributed by atoms with E-state index in [1.165, 1.54) is 0 Å². The molecule has 80 valence electrons. The standard InChI is InChI=1S/C11H14N2O2/c1-8-10(4-6-14)12-11-7-9(15-2)3-5-13(8)11/h3,5,7,14H,4,6H2,1-2H3. The molecule has 2 aromatic heterocycles. The summed E-state index contributed by atoms with van der Waals surface area (Å²) in [4.78, 5) is 4.43. The molecule has 0 aromatic carbocycles. The summed E-state index contributed by atoms with van der Waals surface area (Å²) in [6.45, 7) is 2.12. The molecule has 4 heteroatoms. The smallest absolute Gasteiger partial charge is 0.140 e. The molecule has 0 spiro atoms. The Morgan fingerprint density at radius 3 is 3.00 bits per heavy atom. The molecule has 1 N–H and O–H groups in total. The third kappa shape index (κ3) is 1.68. The van der Waals surface area contributed by atoms with E-state index in [0.29, 0.717) is 6.42 Å². The van der Waals surface area contributed by atoms with Gasteiger partial charge >= 0.3 is 0 Å². The molecule has 0 bridgehead atoms. The number of aromatic nitrogens is 2. The van der Waals surface area contributed by atoms with Gasteiger partial charge in [0.2, 0.25) is 0 Å². The van der Waals surface area contributed by atoms with Gasteiger partial charge in [-0.2, -0.15) is 0 Å². The van der Waals surface area contributed by atoms with Crippen molar-refractivity contribution in [3.05, 3.63) is 29.7 Å². The molecule has 0 amide bonds. The lowest BCUT2D eigenvalue weighted by Crippen LogP contribution is -1.94. The monoisotopic (exact) mass is 206 g/mol. The SMILES string of the molecule is COc1ccn2c(C)c(CCO)nc2c1. The summed E-state index contributed by atoms with van der Waals surface area (Å²) in [7, 11) is 1.64. The second-order valence-electron chi connectivity index (χ2n) is 3.41.